The zero-order valence-electron chi connectivity index (χ0n) is 10.8. The minimum atomic E-state index is -0.307. The number of aliphatic hydroxyl groups excluding tert-OH is 1. The molecule has 1 aromatic heterocycles. The van der Waals surface area contributed by atoms with Crippen LogP contribution in [0.5, 0.6) is 0 Å². The van der Waals surface area contributed by atoms with Gasteiger partial charge in [0.15, 0.2) is 0 Å². The molecule has 0 fully saturated rings. The van der Waals surface area contributed by atoms with Gasteiger partial charge in [-0.1, -0.05) is 18.5 Å². The number of nitrogens with zero attached hydrogens (tertiary/aromatic N) is 2. The third-order valence-electron chi connectivity index (χ3n) is 2.53. The van der Waals surface area contributed by atoms with E-state index in [4.69, 9.17) is 16.7 Å². The van der Waals surface area contributed by atoms with Crippen molar-refractivity contribution in [3.8, 4) is 0 Å². The SMILES string of the molecule is CCCn1ncc(NCCCC(C)O)c(Cl)c1=O. The van der Waals surface area contributed by atoms with Gasteiger partial charge >= 0.3 is 0 Å². The molecule has 1 aromatic rings. The number of halogens is 1. The van der Waals surface area contributed by atoms with Crippen molar-refractivity contribution in [2.45, 2.75) is 45.8 Å². The van der Waals surface area contributed by atoms with E-state index in [2.05, 4.69) is 10.4 Å². The van der Waals surface area contributed by atoms with Gasteiger partial charge in [0.25, 0.3) is 5.56 Å². The molecule has 0 aromatic carbocycles. The third kappa shape index (κ3) is 4.31. The van der Waals surface area contributed by atoms with E-state index >= 15 is 0 Å². The Morgan fingerprint density at radius 1 is 1.61 bits per heavy atom. The van der Waals surface area contributed by atoms with Crippen LogP contribution in [0.25, 0.3) is 0 Å². The zero-order chi connectivity index (χ0) is 13.5. The monoisotopic (exact) mass is 273 g/mol. The van der Waals surface area contributed by atoms with E-state index in [1.54, 1.807) is 13.1 Å². The van der Waals surface area contributed by atoms with E-state index in [0.29, 0.717) is 25.2 Å². The summed E-state index contributed by atoms with van der Waals surface area (Å²) in [6.07, 6.45) is 3.63. The van der Waals surface area contributed by atoms with E-state index in [0.717, 1.165) is 12.8 Å². The molecular formula is C12H20ClN3O2. The van der Waals surface area contributed by atoms with Crippen LogP contribution >= 0.6 is 11.6 Å². The minimum Gasteiger partial charge on any atom is -0.393 e. The Labute approximate surface area is 112 Å². The highest BCUT2D eigenvalue weighted by molar-refractivity contribution is 6.32. The maximum atomic E-state index is 11.8. The predicted molar refractivity (Wildman–Crippen MR) is 73.2 cm³/mol. The lowest BCUT2D eigenvalue weighted by atomic mass is 10.2. The smallest absolute Gasteiger partial charge is 0.287 e. The molecule has 0 aliphatic rings. The van der Waals surface area contributed by atoms with Crippen LogP contribution in [0.1, 0.15) is 33.1 Å². The van der Waals surface area contributed by atoms with E-state index in [-0.39, 0.29) is 16.7 Å². The van der Waals surface area contributed by atoms with Crippen molar-refractivity contribution >= 4 is 17.3 Å². The summed E-state index contributed by atoms with van der Waals surface area (Å²) in [6, 6.07) is 0. The van der Waals surface area contributed by atoms with E-state index in [9.17, 15) is 4.79 Å². The number of hydrogen-bond donors (Lipinski definition) is 2. The summed E-state index contributed by atoms with van der Waals surface area (Å²) >= 11 is 5.99. The van der Waals surface area contributed by atoms with Crippen LogP contribution in [-0.4, -0.2) is 27.5 Å². The van der Waals surface area contributed by atoms with Crippen molar-refractivity contribution in [3.05, 3.63) is 21.6 Å². The Kier molecular flexibility index (Phi) is 6.15. The maximum absolute atomic E-state index is 11.8. The quantitative estimate of drug-likeness (QED) is 0.745. The molecule has 0 saturated heterocycles. The lowest BCUT2D eigenvalue weighted by Gasteiger charge is -2.10. The molecule has 102 valence electrons. The van der Waals surface area contributed by atoms with Crippen molar-refractivity contribution < 1.29 is 5.11 Å². The van der Waals surface area contributed by atoms with Crippen molar-refractivity contribution in [1.82, 2.24) is 9.78 Å². The first-order valence-corrected chi connectivity index (χ1v) is 6.61. The third-order valence-corrected chi connectivity index (χ3v) is 2.90. The summed E-state index contributed by atoms with van der Waals surface area (Å²) in [4.78, 5) is 11.8. The Hall–Kier alpha value is -1.07. The van der Waals surface area contributed by atoms with Crippen LogP contribution in [0.2, 0.25) is 5.02 Å². The van der Waals surface area contributed by atoms with Gasteiger partial charge in [0, 0.05) is 13.1 Å². The van der Waals surface area contributed by atoms with Gasteiger partial charge in [-0.25, -0.2) is 4.68 Å². The van der Waals surface area contributed by atoms with E-state index < -0.39 is 0 Å². The first-order chi connectivity index (χ1) is 8.56. The summed E-state index contributed by atoms with van der Waals surface area (Å²) in [5, 5.41) is 16.4. The molecule has 0 radical (unpaired) electrons. The molecular weight excluding hydrogens is 254 g/mol. The van der Waals surface area contributed by atoms with Crippen LogP contribution in [0.15, 0.2) is 11.0 Å². The summed E-state index contributed by atoms with van der Waals surface area (Å²) in [5.74, 6) is 0. The summed E-state index contributed by atoms with van der Waals surface area (Å²) in [7, 11) is 0. The highest BCUT2D eigenvalue weighted by Crippen LogP contribution is 2.15. The fraction of sp³-hybridized carbons (Fsp3) is 0.667. The van der Waals surface area contributed by atoms with E-state index in [1.165, 1.54) is 4.68 Å². The van der Waals surface area contributed by atoms with Crippen LogP contribution < -0.4 is 10.9 Å². The molecule has 1 unspecified atom stereocenters. The summed E-state index contributed by atoms with van der Waals surface area (Å²) in [6.45, 7) is 4.95. The minimum absolute atomic E-state index is 0.176. The summed E-state index contributed by atoms with van der Waals surface area (Å²) in [5.41, 5.74) is 0.290. The predicted octanol–water partition coefficient (Wildman–Crippen LogP) is 1.88. The van der Waals surface area contributed by atoms with Gasteiger partial charge in [0.05, 0.1) is 18.0 Å². The topological polar surface area (TPSA) is 67.2 Å². The van der Waals surface area contributed by atoms with Gasteiger partial charge in [-0.3, -0.25) is 4.79 Å². The number of aryl methyl sites for hydroxylation is 1. The van der Waals surface area contributed by atoms with Gasteiger partial charge in [0.1, 0.15) is 5.02 Å². The molecule has 5 nitrogen and oxygen atoms in total. The lowest BCUT2D eigenvalue weighted by molar-refractivity contribution is 0.183. The molecule has 0 aliphatic heterocycles. The van der Waals surface area contributed by atoms with Gasteiger partial charge in [-0.2, -0.15) is 5.10 Å². The molecule has 1 atom stereocenters. The molecule has 0 aliphatic carbocycles. The number of aliphatic hydroxyl groups is 1. The second kappa shape index (κ2) is 7.38. The van der Waals surface area contributed by atoms with Crippen molar-refractivity contribution in [2.75, 3.05) is 11.9 Å². The van der Waals surface area contributed by atoms with Crippen molar-refractivity contribution in [2.24, 2.45) is 0 Å². The largest absolute Gasteiger partial charge is 0.393 e. The van der Waals surface area contributed by atoms with Crippen molar-refractivity contribution in [3.63, 3.8) is 0 Å². The lowest BCUT2D eigenvalue weighted by Crippen LogP contribution is -2.24. The average Bonchev–Trinajstić information content (AvgIpc) is 2.33. The zero-order valence-corrected chi connectivity index (χ0v) is 11.6. The number of anilines is 1. The van der Waals surface area contributed by atoms with Gasteiger partial charge in [-0.15, -0.1) is 0 Å². The van der Waals surface area contributed by atoms with Gasteiger partial charge in [0.2, 0.25) is 0 Å². The van der Waals surface area contributed by atoms with Gasteiger partial charge in [-0.05, 0) is 26.2 Å². The Morgan fingerprint density at radius 2 is 2.33 bits per heavy atom. The first-order valence-electron chi connectivity index (χ1n) is 6.23. The normalized spacial score (nSPS) is 12.4. The standard InChI is InChI=1S/C12H20ClN3O2/c1-3-7-16-12(18)11(13)10(8-15-16)14-6-4-5-9(2)17/h8-9,14,17H,3-7H2,1-2H3. The number of hydrogen-bond acceptors (Lipinski definition) is 4. The Morgan fingerprint density at radius 3 is 2.94 bits per heavy atom. The molecule has 6 heteroatoms. The number of aromatic nitrogens is 2. The fourth-order valence-electron chi connectivity index (χ4n) is 1.58. The van der Waals surface area contributed by atoms with E-state index in [1.807, 2.05) is 6.92 Å². The molecule has 2 N–H and O–H groups in total. The second-order valence-corrected chi connectivity index (χ2v) is 4.70. The van der Waals surface area contributed by atoms with Crippen molar-refractivity contribution in [1.29, 1.82) is 0 Å². The molecule has 0 spiro atoms. The Balaban J connectivity index is 2.62. The average molecular weight is 274 g/mol. The molecule has 0 bridgehead atoms. The second-order valence-electron chi connectivity index (χ2n) is 4.32. The first kappa shape index (κ1) is 15.0. The molecule has 1 heterocycles. The fourth-order valence-corrected chi connectivity index (χ4v) is 1.79. The van der Waals surface area contributed by atoms with Crippen LogP contribution in [0.4, 0.5) is 5.69 Å². The van der Waals surface area contributed by atoms with Crippen LogP contribution in [-0.2, 0) is 6.54 Å². The molecule has 1 rings (SSSR count). The summed E-state index contributed by atoms with van der Waals surface area (Å²) < 4.78 is 1.36. The van der Waals surface area contributed by atoms with Crippen LogP contribution in [0.3, 0.4) is 0 Å². The molecule has 0 saturated carbocycles. The van der Waals surface area contributed by atoms with Crippen LogP contribution in [0, 0.1) is 0 Å². The van der Waals surface area contributed by atoms with Gasteiger partial charge < -0.3 is 10.4 Å². The molecule has 0 amide bonds. The highest BCUT2D eigenvalue weighted by atomic mass is 35.5. The molecule has 18 heavy (non-hydrogen) atoms. The Bertz CT molecular complexity index is 432. The number of rotatable bonds is 7. The maximum Gasteiger partial charge on any atom is 0.287 e. The number of nitrogens with one attached hydrogen (secondary N) is 1. The highest BCUT2D eigenvalue weighted by Gasteiger charge is 2.08.